The number of carbonyl (C=O) groups is 11. The van der Waals surface area contributed by atoms with E-state index >= 15 is 0 Å². The number of nitrogens with one attached hydrogen (secondary N) is 9. The molecule has 0 fully saturated rings. The molecule has 0 saturated carbocycles. The van der Waals surface area contributed by atoms with Crippen LogP contribution in [0.5, 0.6) is 5.75 Å². The number of aliphatic carboxylic acids is 2. The maximum absolute atomic E-state index is 14.7. The van der Waals surface area contributed by atoms with E-state index in [0.29, 0.717) is 62.6 Å². The fourth-order valence-corrected chi connectivity index (χ4v) is 9.08. The summed E-state index contributed by atoms with van der Waals surface area (Å²) >= 11 is 0. The Morgan fingerprint density at radius 3 is 1.34 bits per heavy atom. The van der Waals surface area contributed by atoms with Crippen molar-refractivity contribution in [2.75, 3.05) is 19.7 Å². The van der Waals surface area contributed by atoms with Crippen molar-refractivity contribution in [3.8, 4) is 5.75 Å². The SMILES string of the molecule is CCCC[C@H](NC(=O)[C@@H](NC(=O)[C@H](Cc1ccc(O)cc1)NC(=O)[C@H](Cc1ccccc1)NC(=O)[C@@H](NC(=O)[C@H](CCCCN)NC(=O)[C@H](CCC(=O)O)NC(=O)[C@H](CO)NC(=O)[C@@H](NC(=O)[C@@H](N)CCCCN)C(C)C)[C@@H](C)CC)C(C)C)C(=O)O. The largest absolute Gasteiger partial charge is 0.508 e. The van der Waals surface area contributed by atoms with Crippen LogP contribution in [-0.2, 0) is 65.6 Å². The summed E-state index contributed by atoms with van der Waals surface area (Å²) in [7, 11) is 0. The molecule has 0 heterocycles. The fourth-order valence-electron chi connectivity index (χ4n) is 9.08. The minimum Gasteiger partial charge on any atom is -0.508 e. The lowest BCUT2D eigenvalue weighted by atomic mass is 9.96. The summed E-state index contributed by atoms with van der Waals surface area (Å²) in [6, 6.07) is 0.593. The second kappa shape index (κ2) is 39.8. The molecule has 0 aliphatic rings. The molecule has 2 aromatic carbocycles. The third-order valence-corrected chi connectivity index (χ3v) is 14.7. The average Bonchev–Trinajstić information content (AvgIpc) is 3.01. The summed E-state index contributed by atoms with van der Waals surface area (Å²) in [5.41, 5.74) is 18.4. The molecule has 0 bridgehead atoms. The molecular weight excluding hydrogens is 1130 g/mol. The Bertz CT molecular complexity index is 2540. The van der Waals surface area contributed by atoms with Crippen molar-refractivity contribution in [3.63, 3.8) is 0 Å². The maximum atomic E-state index is 14.7. The number of hydrogen-bond donors (Lipinski definition) is 16. The van der Waals surface area contributed by atoms with Crippen LogP contribution >= 0.6 is 0 Å². The highest BCUT2D eigenvalue weighted by Gasteiger charge is 2.38. The molecule has 2 rings (SSSR count). The van der Waals surface area contributed by atoms with Gasteiger partial charge in [-0.25, -0.2) is 4.79 Å². The van der Waals surface area contributed by atoms with Crippen molar-refractivity contribution in [1.82, 2.24) is 47.9 Å². The first-order valence-electron chi connectivity index (χ1n) is 30.0. The van der Waals surface area contributed by atoms with E-state index in [0.717, 1.165) is 0 Å². The molecular formula is C60H96N12O15. The van der Waals surface area contributed by atoms with E-state index in [1.54, 1.807) is 71.9 Å². The number of phenolic OH excluding ortho intramolecular Hbond substituents is 1. The van der Waals surface area contributed by atoms with Crippen molar-refractivity contribution in [3.05, 3.63) is 65.7 Å². The molecule has 0 aliphatic heterocycles. The zero-order valence-corrected chi connectivity index (χ0v) is 51.2. The summed E-state index contributed by atoms with van der Waals surface area (Å²) in [4.78, 5) is 150. The molecule has 27 heteroatoms. The van der Waals surface area contributed by atoms with Gasteiger partial charge in [0.2, 0.25) is 53.2 Å². The Morgan fingerprint density at radius 1 is 0.448 bits per heavy atom. The normalized spacial score (nSPS) is 15.0. The minimum absolute atomic E-state index is 0.0701. The van der Waals surface area contributed by atoms with Gasteiger partial charge in [0, 0.05) is 19.3 Å². The number of carboxylic acids is 2. The Balaban J connectivity index is 2.53. The number of nitrogens with two attached hydrogens (primary N) is 3. The Labute approximate surface area is 509 Å². The lowest BCUT2D eigenvalue weighted by molar-refractivity contribution is -0.143. The lowest BCUT2D eigenvalue weighted by Crippen LogP contribution is -2.62. The van der Waals surface area contributed by atoms with Crippen molar-refractivity contribution in [2.24, 2.45) is 35.0 Å². The van der Waals surface area contributed by atoms with E-state index in [9.17, 15) is 73.2 Å². The van der Waals surface area contributed by atoms with E-state index in [1.165, 1.54) is 24.3 Å². The Morgan fingerprint density at radius 2 is 0.851 bits per heavy atom. The number of carboxylic acid groups (broad SMARTS) is 2. The first kappa shape index (κ1) is 75.3. The molecule has 2 aromatic rings. The quantitative estimate of drug-likeness (QED) is 0.0377. The van der Waals surface area contributed by atoms with Gasteiger partial charge < -0.3 is 85.5 Å². The van der Waals surface area contributed by atoms with Gasteiger partial charge >= 0.3 is 11.9 Å². The second-order valence-electron chi connectivity index (χ2n) is 22.5. The molecule has 486 valence electrons. The van der Waals surface area contributed by atoms with Crippen LogP contribution in [0.1, 0.15) is 137 Å². The summed E-state index contributed by atoms with van der Waals surface area (Å²) in [5.74, 6) is -12.3. The van der Waals surface area contributed by atoms with E-state index < -0.39 is 163 Å². The van der Waals surface area contributed by atoms with Gasteiger partial charge in [-0.1, -0.05) is 117 Å². The third-order valence-electron chi connectivity index (χ3n) is 14.7. The van der Waals surface area contributed by atoms with Gasteiger partial charge in [-0.05, 0) is 99.0 Å². The van der Waals surface area contributed by atoms with Crippen LogP contribution in [0.4, 0.5) is 0 Å². The zero-order valence-electron chi connectivity index (χ0n) is 51.2. The van der Waals surface area contributed by atoms with Crippen LogP contribution in [0.3, 0.4) is 0 Å². The highest BCUT2D eigenvalue weighted by molar-refractivity contribution is 5.99. The molecule has 0 spiro atoms. The molecule has 87 heavy (non-hydrogen) atoms. The van der Waals surface area contributed by atoms with Gasteiger partial charge in [-0.3, -0.25) is 47.9 Å². The highest BCUT2D eigenvalue weighted by atomic mass is 16.4. The number of aliphatic hydroxyl groups is 1. The summed E-state index contributed by atoms with van der Waals surface area (Å²) < 4.78 is 0. The first-order chi connectivity index (χ1) is 41.2. The van der Waals surface area contributed by atoms with Crippen LogP contribution in [0, 0.1) is 17.8 Å². The summed E-state index contributed by atoms with van der Waals surface area (Å²) in [6.45, 7) is 11.4. The molecule has 19 N–H and O–H groups in total. The van der Waals surface area contributed by atoms with Crippen LogP contribution in [0.25, 0.3) is 0 Å². The van der Waals surface area contributed by atoms with Crippen LogP contribution in [0.2, 0.25) is 0 Å². The predicted octanol–water partition coefficient (Wildman–Crippen LogP) is -0.384. The molecule has 0 radical (unpaired) electrons. The third kappa shape index (κ3) is 27.2. The standard InChI is InChI=1S/C60H96N12O15/c1-8-10-21-43(60(86)87)66-57(83)49(35(5)6)71-55(81)45(32-38-23-25-39(74)26-24-38)67-54(80)44(31-37-18-12-11-13-19-37)68-59(85)50(36(7)9-2)72-53(79)41(22-15-17-30-62)64-52(78)42(27-28-47(75)76)65-56(82)46(33-73)69-58(84)48(34(3)4)70-51(77)40(63)20-14-16-29-61/h11-13,18-19,23-26,34-36,40-46,48-50,73-74H,8-10,14-17,20-22,27-33,61-63H2,1-7H3,(H,64,78)(H,65,82)(H,66,83)(H,67,80)(H,68,85)(H,69,84)(H,70,77)(H,71,81)(H,72,79)(H,75,76)(H,86,87)/t36-,40-,41-,42-,43-,44-,45-,46-,48-,49-,50-/m0/s1. The fraction of sp³-hybridized carbons (Fsp3) is 0.617. The number of phenols is 1. The predicted molar refractivity (Wildman–Crippen MR) is 323 cm³/mol. The molecule has 0 unspecified atom stereocenters. The van der Waals surface area contributed by atoms with Crippen molar-refractivity contribution in [1.29, 1.82) is 0 Å². The average molecular weight is 1230 g/mol. The van der Waals surface area contributed by atoms with Crippen LogP contribution in [0.15, 0.2) is 54.6 Å². The number of aromatic hydroxyl groups is 1. The maximum Gasteiger partial charge on any atom is 0.326 e. The molecule has 11 atom stereocenters. The smallest absolute Gasteiger partial charge is 0.326 e. The van der Waals surface area contributed by atoms with Gasteiger partial charge in [0.25, 0.3) is 0 Å². The van der Waals surface area contributed by atoms with Gasteiger partial charge in [-0.2, -0.15) is 0 Å². The minimum atomic E-state index is -1.71. The number of amides is 9. The van der Waals surface area contributed by atoms with E-state index in [2.05, 4.69) is 47.9 Å². The second-order valence-corrected chi connectivity index (χ2v) is 22.5. The molecule has 0 saturated heterocycles. The number of benzene rings is 2. The summed E-state index contributed by atoms with van der Waals surface area (Å²) in [6.07, 6.45) is 2.15. The number of unbranched alkanes of at least 4 members (excludes halogenated alkanes) is 3. The van der Waals surface area contributed by atoms with Gasteiger partial charge in [0.1, 0.15) is 60.1 Å². The summed E-state index contributed by atoms with van der Waals surface area (Å²) in [5, 5.41) is 63.1. The van der Waals surface area contributed by atoms with Crippen molar-refractivity contribution >= 4 is 65.1 Å². The zero-order chi connectivity index (χ0) is 65.3. The number of carbonyl (C=O) groups excluding carboxylic acids is 9. The molecule has 0 aliphatic carbocycles. The van der Waals surface area contributed by atoms with Crippen LogP contribution in [-0.4, -0.2) is 166 Å². The van der Waals surface area contributed by atoms with Crippen molar-refractivity contribution in [2.45, 2.75) is 199 Å². The van der Waals surface area contributed by atoms with Gasteiger partial charge in [0.05, 0.1) is 12.6 Å². The highest BCUT2D eigenvalue weighted by Crippen LogP contribution is 2.16. The number of rotatable bonds is 42. The molecule has 0 aromatic heterocycles. The molecule has 27 nitrogen and oxygen atoms in total. The van der Waals surface area contributed by atoms with E-state index in [1.807, 2.05) is 6.92 Å². The van der Waals surface area contributed by atoms with Gasteiger partial charge in [-0.15, -0.1) is 0 Å². The molecule has 9 amide bonds. The van der Waals surface area contributed by atoms with E-state index in [4.69, 9.17) is 17.2 Å². The van der Waals surface area contributed by atoms with E-state index in [-0.39, 0.29) is 44.4 Å². The lowest BCUT2D eigenvalue weighted by Gasteiger charge is -2.30. The monoisotopic (exact) mass is 1220 g/mol. The first-order valence-corrected chi connectivity index (χ1v) is 30.0. The van der Waals surface area contributed by atoms with Gasteiger partial charge in [0.15, 0.2) is 0 Å². The van der Waals surface area contributed by atoms with Crippen molar-refractivity contribution < 1.29 is 73.2 Å². The van der Waals surface area contributed by atoms with Crippen LogP contribution < -0.4 is 65.1 Å². The Kier molecular flexibility index (Phi) is 34.5. The number of hydrogen-bond acceptors (Lipinski definition) is 16. The Hall–Kier alpha value is -7.75. The topological polar surface area (TPSA) is 455 Å². The number of aliphatic hydroxyl groups excluding tert-OH is 1.